The van der Waals surface area contributed by atoms with Gasteiger partial charge in [0.25, 0.3) is 5.91 Å². The van der Waals surface area contributed by atoms with Crippen molar-refractivity contribution in [3.63, 3.8) is 0 Å². The fraction of sp³-hybridized carbons (Fsp3) is 0.250. The molecule has 2 amide bonds. The van der Waals surface area contributed by atoms with E-state index in [0.717, 1.165) is 5.57 Å². The molecule has 0 aromatic carbocycles. The number of hydrogen-bond acceptors (Lipinski definition) is 3. The fourth-order valence-corrected chi connectivity index (χ4v) is 1.30. The van der Waals surface area contributed by atoms with Crippen LogP contribution in [0.25, 0.3) is 0 Å². The summed E-state index contributed by atoms with van der Waals surface area (Å²) in [5, 5.41) is 2.53. The molecule has 0 bridgehead atoms. The summed E-state index contributed by atoms with van der Waals surface area (Å²) in [7, 11) is 0. The van der Waals surface area contributed by atoms with E-state index in [-0.39, 0.29) is 5.69 Å². The molecule has 0 aliphatic carbocycles. The van der Waals surface area contributed by atoms with Crippen LogP contribution in [-0.2, 0) is 4.79 Å². The molecule has 3 N–H and O–H groups in total. The number of rotatable bonds is 5. The maximum Gasteiger partial charge on any atom is 0.270 e. The van der Waals surface area contributed by atoms with Gasteiger partial charge >= 0.3 is 0 Å². The molecular weight excluding hydrogens is 218 g/mol. The molecule has 5 heteroatoms. The number of nitrogens with one attached hydrogen (secondary N) is 1. The van der Waals surface area contributed by atoms with Crippen molar-refractivity contribution >= 4 is 11.8 Å². The number of primary amides is 1. The highest BCUT2D eigenvalue weighted by Crippen LogP contribution is 2.03. The molecule has 1 rings (SSSR count). The quantitative estimate of drug-likeness (QED) is 0.731. The SMILES string of the molecule is C=C(C)C[C@H](NC(=O)c1ccccn1)C(N)=O. The lowest BCUT2D eigenvalue weighted by Crippen LogP contribution is -2.44. The van der Waals surface area contributed by atoms with Gasteiger partial charge in [0, 0.05) is 6.20 Å². The van der Waals surface area contributed by atoms with Gasteiger partial charge in [0.05, 0.1) is 0 Å². The Morgan fingerprint density at radius 1 is 1.53 bits per heavy atom. The normalized spacial score (nSPS) is 11.6. The summed E-state index contributed by atoms with van der Waals surface area (Å²) in [6, 6.07) is 4.21. The zero-order chi connectivity index (χ0) is 12.8. The van der Waals surface area contributed by atoms with Crippen molar-refractivity contribution in [3.05, 3.63) is 42.2 Å². The lowest BCUT2D eigenvalue weighted by atomic mass is 10.1. The molecule has 0 radical (unpaired) electrons. The Labute approximate surface area is 99.7 Å². The van der Waals surface area contributed by atoms with Crippen molar-refractivity contribution in [2.75, 3.05) is 0 Å². The van der Waals surface area contributed by atoms with Crippen LogP contribution in [0.2, 0.25) is 0 Å². The number of carbonyl (C=O) groups excluding carboxylic acids is 2. The molecule has 5 nitrogen and oxygen atoms in total. The fourth-order valence-electron chi connectivity index (χ4n) is 1.30. The number of nitrogens with two attached hydrogens (primary N) is 1. The van der Waals surface area contributed by atoms with Crippen LogP contribution in [0.5, 0.6) is 0 Å². The van der Waals surface area contributed by atoms with Crippen molar-refractivity contribution in [1.29, 1.82) is 0 Å². The second kappa shape index (κ2) is 5.79. The van der Waals surface area contributed by atoms with Crippen molar-refractivity contribution < 1.29 is 9.59 Å². The number of pyridine rings is 1. The molecule has 0 saturated heterocycles. The third kappa shape index (κ3) is 4.06. The Morgan fingerprint density at radius 2 is 2.24 bits per heavy atom. The van der Waals surface area contributed by atoms with E-state index in [2.05, 4.69) is 16.9 Å². The predicted octanol–water partition coefficient (Wildman–Crippen LogP) is 0.631. The Hall–Kier alpha value is -2.17. The van der Waals surface area contributed by atoms with Crippen LogP contribution in [0.1, 0.15) is 23.8 Å². The van der Waals surface area contributed by atoms with Crippen LogP contribution in [0.4, 0.5) is 0 Å². The van der Waals surface area contributed by atoms with Gasteiger partial charge in [0.2, 0.25) is 5.91 Å². The average Bonchev–Trinajstić information content (AvgIpc) is 2.28. The highest BCUT2D eigenvalue weighted by molar-refractivity contribution is 5.95. The summed E-state index contributed by atoms with van der Waals surface area (Å²) in [6.07, 6.45) is 1.83. The van der Waals surface area contributed by atoms with Crippen LogP contribution in [0, 0.1) is 0 Å². The molecule has 0 fully saturated rings. The maximum absolute atomic E-state index is 11.7. The van der Waals surface area contributed by atoms with Crippen LogP contribution in [0.15, 0.2) is 36.5 Å². The second-order valence-corrected chi connectivity index (χ2v) is 3.80. The molecule has 1 aromatic heterocycles. The summed E-state index contributed by atoms with van der Waals surface area (Å²) in [5.41, 5.74) is 6.22. The Morgan fingerprint density at radius 3 is 2.71 bits per heavy atom. The molecule has 90 valence electrons. The molecule has 0 unspecified atom stereocenters. The number of hydrogen-bond donors (Lipinski definition) is 2. The minimum Gasteiger partial charge on any atom is -0.368 e. The lowest BCUT2D eigenvalue weighted by molar-refractivity contribution is -0.119. The Kier molecular flexibility index (Phi) is 4.39. The zero-order valence-corrected chi connectivity index (χ0v) is 9.64. The number of nitrogens with zero attached hydrogens (tertiary/aromatic N) is 1. The molecule has 17 heavy (non-hydrogen) atoms. The summed E-state index contributed by atoms with van der Waals surface area (Å²) >= 11 is 0. The summed E-state index contributed by atoms with van der Waals surface area (Å²) in [4.78, 5) is 26.8. The van der Waals surface area contributed by atoms with Gasteiger partial charge in [-0.1, -0.05) is 11.6 Å². The minimum atomic E-state index is -0.748. The average molecular weight is 233 g/mol. The summed E-state index contributed by atoms with van der Waals surface area (Å²) < 4.78 is 0. The molecule has 1 aromatic rings. The Bertz CT molecular complexity index is 429. The summed E-state index contributed by atoms with van der Waals surface area (Å²) in [6.45, 7) is 5.45. The third-order valence-electron chi connectivity index (χ3n) is 2.10. The molecular formula is C12H15N3O2. The molecule has 1 heterocycles. The first kappa shape index (κ1) is 12.9. The Balaban J connectivity index is 2.71. The van der Waals surface area contributed by atoms with Crippen LogP contribution < -0.4 is 11.1 Å². The zero-order valence-electron chi connectivity index (χ0n) is 9.64. The smallest absolute Gasteiger partial charge is 0.270 e. The van der Waals surface area contributed by atoms with Crippen LogP contribution in [-0.4, -0.2) is 22.8 Å². The van der Waals surface area contributed by atoms with Crippen molar-refractivity contribution in [2.45, 2.75) is 19.4 Å². The van der Waals surface area contributed by atoms with Crippen LogP contribution >= 0.6 is 0 Å². The molecule has 0 aliphatic rings. The van der Waals surface area contributed by atoms with E-state index < -0.39 is 17.9 Å². The highest BCUT2D eigenvalue weighted by atomic mass is 16.2. The molecule has 0 spiro atoms. The van der Waals surface area contributed by atoms with Gasteiger partial charge in [0.15, 0.2) is 0 Å². The van der Waals surface area contributed by atoms with E-state index in [1.54, 1.807) is 25.1 Å². The van der Waals surface area contributed by atoms with E-state index >= 15 is 0 Å². The van der Waals surface area contributed by atoms with E-state index in [1.165, 1.54) is 6.20 Å². The first-order chi connectivity index (χ1) is 8.00. The van der Waals surface area contributed by atoms with Gasteiger partial charge in [-0.3, -0.25) is 14.6 Å². The minimum absolute atomic E-state index is 0.250. The van der Waals surface area contributed by atoms with Crippen molar-refractivity contribution in [2.24, 2.45) is 5.73 Å². The van der Waals surface area contributed by atoms with Gasteiger partial charge in [-0.15, -0.1) is 6.58 Å². The molecule has 0 saturated carbocycles. The van der Waals surface area contributed by atoms with Crippen molar-refractivity contribution in [1.82, 2.24) is 10.3 Å². The number of aromatic nitrogens is 1. The standard InChI is InChI=1S/C12H15N3O2/c1-8(2)7-10(11(13)16)15-12(17)9-5-3-4-6-14-9/h3-6,10H,1,7H2,2H3,(H2,13,16)(H,15,17)/t10-/m0/s1. The second-order valence-electron chi connectivity index (χ2n) is 3.80. The van der Waals surface area contributed by atoms with E-state index in [9.17, 15) is 9.59 Å². The number of carbonyl (C=O) groups is 2. The van der Waals surface area contributed by atoms with Gasteiger partial charge in [-0.2, -0.15) is 0 Å². The van der Waals surface area contributed by atoms with Crippen LogP contribution in [0.3, 0.4) is 0 Å². The molecule has 1 atom stereocenters. The lowest BCUT2D eigenvalue weighted by Gasteiger charge is -2.14. The summed E-state index contributed by atoms with van der Waals surface area (Å²) in [5.74, 6) is -1.01. The molecule has 0 aliphatic heterocycles. The first-order valence-electron chi connectivity index (χ1n) is 5.16. The van der Waals surface area contributed by atoms with Crippen molar-refractivity contribution in [3.8, 4) is 0 Å². The maximum atomic E-state index is 11.7. The predicted molar refractivity (Wildman–Crippen MR) is 64.1 cm³/mol. The van der Waals surface area contributed by atoms with E-state index in [0.29, 0.717) is 6.42 Å². The van der Waals surface area contributed by atoms with Gasteiger partial charge in [-0.25, -0.2) is 0 Å². The van der Waals surface area contributed by atoms with Gasteiger partial charge in [-0.05, 0) is 25.5 Å². The van der Waals surface area contributed by atoms with Gasteiger partial charge < -0.3 is 11.1 Å². The monoisotopic (exact) mass is 233 g/mol. The van der Waals surface area contributed by atoms with E-state index in [4.69, 9.17) is 5.73 Å². The van der Waals surface area contributed by atoms with E-state index in [1.807, 2.05) is 0 Å². The number of amides is 2. The third-order valence-corrected chi connectivity index (χ3v) is 2.10. The topological polar surface area (TPSA) is 85.1 Å². The largest absolute Gasteiger partial charge is 0.368 e. The first-order valence-corrected chi connectivity index (χ1v) is 5.16. The highest BCUT2D eigenvalue weighted by Gasteiger charge is 2.19. The van der Waals surface area contributed by atoms with Gasteiger partial charge in [0.1, 0.15) is 11.7 Å².